The molecule has 0 bridgehead atoms. The minimum Gasteiger partial charge on any atom is -0.493 e. The number of amides is 2. The van der Waals surface area contributed by atoms with Gasteiger partial charge in [-0.05, 0) is 52.0 Å². The van der Waals surface area contributed by atoms with E-state index in [0.717, 1.165) is 0 Å². The lowest BCUT2D eigenvalue weighted by atomic mass is 10.1. The lowest BCUT2D eigenvalue weighted by Gasteiger charge is -2.31. The van der Waals surface area contributed by atoms with Gasteiger partial charge in [0.2, 0.25) is 5.91 Å². The minimum atomic E-state index is -0.777. The lowest BCUT2D eigenvalue weighted by Crippen LogP contribution is -2.53. The van der Waals surface area contributed by atoms with Crippen molar-refractivity contribution in [2.45, 2.75) is 45.8 Å². The molecule has 1 N–H and O–H groups in total. The van der Waals surface area contributed by atoms with Crippen LogP contribution in [0, 0.1) is 0 Å². The zero-order chi connectivity index (χ0) is 23.2. The number of carbonyl (C=O) groups excluding carboxylic acids is 2. The van der Waals surface area contributed by atoms with Crippen LogP contribution in [0.15, 0.2) is 42.5 Å². The lowest BCUT2D eigenvalue weighted by molar-refractivity contribution is -0.142. The summed E-state index contributed by atoms with van der Waals surface area (Å²) in [5, 5.41) is 3.73. The first-order valence-corrected chi connectivity index (χ1v) is 10.6. The molecule has 2 amide bonds. The van der Waals surface area contributed by atoms with Gasteiger partial charge in [0.25, 0.3) is 5.91 Å². The smallest absolute Gasteiger partial charge is 0.261 e. The van der Waals surface area contributed by atoms with E-state index in [1.54, 1.807) is 49.4 Å². The van der Waals surface area contributed by atoms with E-state index in [1.165, 1.54) is 12.0 Å². The van der Waals surface area contributed by atoms with Crippen molar-refractivity contribution >= 4 is 35.0 Å². The maximum atomic E-state index is 13.1. The van der Waals surface area contributed by atoms with E-state index >= 15 is 0 Å². The van der Waals surface area contributed by atoms with Crippen LogP contribution in [-0.2, 0) is 16.1 Å². The Balaban J connectivity index is 2.27. The van der Waals surface area contributed by atoms with Crippen LogP contribution in [0.25, 0.3) is 0 Å². The summed E-state index contributed by atoms with van der Waals surface area (Å²) in [4.78, 5) is 27.4. The van der Waals surface area contributed by atoms with Crippen molar-refractivity contribution < 1.29 is 19.1 Å². The van der Waals surface area contributed by atoms with E-state index in [1.807, 2.05) is 20.8 Å². The SMILES string of the molecule is COc1ccccc1OCC(=O)N(Cc1c(Cl)cccc1Cl)C(C)C(=O)NC(C)(C)C. The van der Waals surface area contributed by atoms with Crippen LogP contribution >= 0.6 is 23.2 Å². The van der Waals surface area contributed by atoms with Crippen LogP contribution < -0.4 is 14.8 Å². The van der Waals surface area contributed by atoms with Crippen molar-refractivity contribution in [2.24, 2.45) is 0 Å². The van der Waals surface area contributed by atoms with Crippen LogP contribution in [0.1, 0.15) is 33.3 Å². The number of hydrogen-bond acceptors (Lipinski definition) is 4. The van der Waals surface area contributed by atoms with Crippen LogP contribution in [0.4, 0.5) is 0 Å². The first kappa shape index (κ1) is 24.8. The molecule has 0 spiro atoms. The fourth-order valence-corrected chi connectivity index (χ4v) is 3.39. The van der Waals surface area contributed by atoms with Gasteiger partial charge < -0.3 is 19.7 Å². The first-order chi connectivity index (χ1) is 14.5. The molecule has 168 valence electrons. The van der Waals surface area contributed by atoms with Crippen LogP contribution in [-0.4, -0.2) is 42.0 Å². The summed E-state index contributed by atoms with van der Waals surface area (Å²) >= 11 is 12.6. The molecular formula is C23H28Cl2N2O4. The molecule has 1 atom stereocenters. The topological polar surface area (TPSA) is 67.9 Å². The number of methoxy groups -OCH3 is 1. The Morgan fingerprint density at radius 3 is 2.16 bits per heavy atom. The minimum absolute atomic E-state index is 0.0609. The molecule has 8 heteroatoms. The summed E-state index contributed by atoms with van der Waals surface area (Å²) in [6.07, 6.45) is 0. The summed E-state index contributed by atoms with van der Waals surface area (Å²) in [5.41, 5.74) is 0.114. The van der Waals surface area contributed by atoms with Gasteiger partial charge in [0.15, 0.2) is 18.1 Å². The second kappa shape index (κ2) is 10.7. The summed E-state index contributed by atoms with van der Waals surface area (Å²) in [5.74, 6) is 0.259. The molecular weight excluding hydrogens is 439 g/mol. The highest BCUT2D eigenvalue weighted by Gasteiger charge is 2.29. The largest absolute Gasteiger partial charge is 0.493 e. The van der Waals surface area contributed by atoms with E-state index in [0.29, 0.717) is 27.1 Å². The molecule has 6 nitrogen and oxygen atoms in total. The predicted molar refractivity (Wildman–Crippen MR) is 123 cm³/mol. The van der Waals surface area contributed by atoms with Gasteiger partial charge in [0, 0.05) is 27.7 Å². The van der Waals surface area contributed by atoms with Crippen molar-refractivity contribution in [3.8, 4) is 11.5 Å². The zero-order valence-electron chi connectivity index (χ0n) is 18.4. The van der Waals surface area contributed by atoms with Crippen LogP contribution in [0.5, 0.6) is 11.5 Å². The van der Waals surface area contributed by atoms with Gasteiger partial charge in [-0.1, -0.05) is 41.4 Å². The first-order valence-electron chi connectivity index (χ1n) is 9.83. The monoisotopic (exact) mass is 466 g/mol. The fraction of sp³-hybridized carbons (Fsp3) is 0.391. The van der Waals surface area contributed by atoms with Gasteiger partial charge in [-0.3, -0.25) is 9.59 Å². The van der Waals surface area contributed by atoms with Gasteiger partial charge >= 0.3 is 0 Å². The summed E-state index contributed by atoms with van der Waals surface area (Å²) in [7, 11) is 1.52. The van der Waals surface area contributed by atoms with E-state index in [9.17, 15) is 9.59 Å². The standard InChI is InChI=1S/C23H28Cl2N2O4/c1-15(22(29)26-23(2,3)4)27(13-16-17(24)9-8-10-18(16)25)21(28)14-31-20-12-7-6-11-19(20)30-5/h6-12,15H,13-14H2,1-5H3,(H,26,29). The second-order valence-electron chi connectivity index (χ2n) is 8.08. The molecule has 2 rings (SSSR count). The number of carbonyl (C=O) groups is 2. The van der Waals surface area contributed by atoms with Crippen molar-refractivity contribution in [3.63, 3.8) is 0 Å². The Morgan fingerprint density at radius 2 is 1.61 bits per heavy atom. The molecule has 31 heavy (non-hydrogen) atoms. The van der Waals surface area contributed by atoms with E-state index in [2.05, 4.69) is 5.32 Å². The average Bonchev–Trinajstić information content (AvgIpc) is 2.70. The number of para-hydroxylation sites is 2. The number of ether oxygens (including phenoxy) is 2. The van der Waals surface area contributed by atoms with Gasteiger partial charge in [0.1, 0.15) is 6.04 Å². The molecule has 0 saturated heterocycles. The van der Waals surface area contributed by atoms with Crippen molar-refractivity contribution in [1.29, 1.82) is 0 Å². The van der Waals surface area contributed by atoms with Crippen molar-refractivity contribution in [1.82, 2.24) is 10.2 Å². The van der Waals surface area contributed by atoms with Crippen molar-refractivity contribution in [3.05, 3.63) is 58.1 Å². The summed E-state index contributed by atoms with van der Waals surface area (Å²) < 4.78 is 10.9. The Kier molecular flexibility index (Phi) is 8.60. The average molecular weight is 467 g/mol. The Hall–Kier alpha value is -2.44. The molecule has 0 aromatic heterocycles. The van der Waals surface area contributed by atoms with Gasteiger partial charge in [-0.2, -0.15) is 0 Å². The predicted octanol–water partition coefficient (Wildman–Crippen LogP) is 4.71. The molecule has 1 unspecified atom stereocenters. The number of benzene rings is 2. The fourth-order valence-electron chi connectivity index (χ4n) is 2.87. The highest BCUT2D eigenvalue weighted by atomic mass is 35.5. The molecule has 2 aromatic rings. The quantitative estimate of drug-likeness (QED) is 0.611. The Morgan fingerprint density at radius 1 is 1.03 bits per heavy atom. The third-order valence-corrected chi connectivity index (χ3v) is 5.18. The highest BCUT2D eigenvalue weighted by Crippen LogP contribution is 2.28. The van der Waals surface area contributed by atoms with Crippen LogP contribution in [0.3, 0.4) is 0 Å². The second-order valence-corrected chi connectivity index (χ2v) is 8.89. The molecule has 0 aliphatic carbocycles. The Bertz CT molecular complexity index is 908. The number of nitrogens with zero attached hydrogens (tertiary/aromatic N) is 1. The molecule has 0 saturated carbocycles. The van der Waals surface area contributed by atoms with E-state index in [-0.39, 0.29) is 19.1 Å². The normalized spacial score (nSPS) is 12.1. The number of hydrogen-bond donors (Lipinski definition) is 1. The Labute approximate surface area is 193 Å². The third-order valence-electron chi connectivity index (χ3n) is 4.48. The number of rotatable bonds is 8. The number of halogens is 2. The molecule has 0 heterocycles. The third kappa shape index (κ3) is 7.04. The molecule has 0 aliphatic rings. The maximum Gasteiger partial charge on any atom is 0.261 e. The zero-order valence-corrected chi connectivity index (χ0v) is 19.9. The van der Waals surface area contributed by atoms with Gasteiger partial charge in [-0.25, -0.2) is 0 Å². The van der Waals surface area contributed by atoms with Crippen LogP contribution in [0.2, 0.25) is 10.0 Å². The van der Waals surface area contributed by atoms with E-state index < -0.39 is 17.5 Å². The molecule has 0 aliphatic heterocycles. The molecule has 0 radical (unpaired) electrons. The van der Waals surface area contributed by atoms with Crippen molar-refractivity contribution in [2.75, 3.05) is 13.7 Å². The van der Waals surface area contributed by atoms with Gasteiger partial charge in [0.05, 0.1) is 7.11 Å². The summed E-state index contributed by atoms with van der Waals surface area (Å²) in [6.45, 7) is 7.06. The molecule has 0 fully saturated rings. The summed E-state index contributed by atoms with van der Waals surface area (Å²) in [6, 6.07) is 11.4. The maximum absolute atomic E-state index is 13.1. The van der Waals surface area contributed by atoms with Gasteiger partial charge in [-0.15, -0.1) is 0 Å². The van der Waals surface area contributed by atoms with E-state index in [4.69, 9.17) is 32.7 Å². The number of nitrogens with one attached hydrogen (secondary N) is 1. The highest BCUT2D eigenvalue weighted by molar-refractivity contribution is 6.36. The molecule has 2 aromatic carbocycles.